The molecule has 2 aliphatic heterocycles. The Kier molecular flexibility index (Phi) is 1.22. The van der Waals surface area contributed by atoms with Crippen LogP contribution >= 0.6 is 0 Å². The maximum absolute atomic E-state index is 5.28. The minimum atomic E-state index is 0.384. The second-order valence-electron chi connectivity index (χ2n) is 2.81. The maximum atomic E-state index is 5.28. The van der Waals surface area contributed by atoms with Crippen molar-refractivity contribution in [3.63, 3.8) is 0 Å². The minimum absolute atomic E-state index is 0.384. The van der Waals surface area contributed by atoms with Gasteiger partial charge in [-0.05, 0) is 7.05 Å². The fourth-order valence-electron chi connectivity index (χ4n) is 1.26. The summed E-state index contributed by atoms with van der Waals surface area (Å²) < 4.78 is 5.28. The Morgan fingerprint density at radius 2 is 2.56 bits per heavy atom. The molecule has 0 radical (unpaired) electrons. The van der Waals surface area contributed by atoms with E-state index in [4.69, 9.17) is 4.74 Å². The second-order valence-corrected chi connectivity index (χ2v) is 2.81. The summed E-state index contributed by atoms with van der Waals surface area (Å²) in [6.07, 6.45) is 0.868. The van der Waals surface area contributed by atoms with Gasteiger partial charge in [-0.3, -0.25) is 5.32 Å². The van der Waals surface area contributed by atoms with E-state index in [9.17, 15) is 0 Å². The van der Waals surface area contributed by atoms with Crippen LogP contribution in [0.2, 0.25) is 0 Å². The molecule has 0 aromatic carbocycles. The van der Waals surface area contributed by atoms with E-state index < -0.39 is 0 Å². The third-order valence-electron chi connectivity index (χ3n) is 1.91. The average Bonchev–Trinajstić information content (AvgIpc) is 2.43. The van der Waals surface area contributed by atoms with Crippen LogP contribution < -0.4 is 5.32 Å². The fourth-order valence-corrected chi connectivity index (χ4v) is 1.26. The molecule has 2 unspecified atom stereocenters. The van der Waals surface area contributed by atoms with E-state index in [2.05, 4.69) is 17.3 Å². The lowest BCUT2D eigenvalue weighted by molar-refractivity contribution is 0.256. The molecular weight excluding hydrogens is 116 g/mol. The highest BCUT2D eigenvalue weighted by atomic mass is 16.6. The molecule has 2 fully saturated rings. The zero-order valence-corrected chi connectivity index (χ0v) is 5.63. The van der Waals surface area contributed by atoms with Crippen LogP contribution in [0.1, 0.15) is 0 Å². The van der Waals surface area contributed by atoms with Crippen molar-refractivity contribution >= 4 is 0 Å². The van der Waals surface area contributed by atoms with Crippen molar-refractivity contribution in [1.82, 2.24) is 10.2 Å². The molecule has 2 rings (SSSR count). The highest BCUT2D eigenvalue weighted by molar-refractivity contribution is 4.87. The quantitative estimate of drug-likeness (QED) is 0.435. The lowest BCUT2D eigenvalue weighted by atomic mass is 10.4. The monoisotopic (exact) mass is 128 g/mol. The van der Waals surface area contributed by atoms with Crippen molar-refractivity contribution in [2.75, 3.05) is 26.7 Å². The van der Waals surface area contributed by atoms with Crippen LogP contribution in [0.25, 0.3) is 0 Å². The molecule has 0 aromatic heterocycles. The van der Waals surface area contributed by atoms with E-state index in [1.807, 2.05) is 0 Å². The van der Waals surface area contributed by atoms with Crippen LogP contribution in [0.4, 0.5) is 0 Å². The number of epoxide rings is 1. The molecule has 2 heterocycles. The third kappa shape index (κ3) is 1.08. The van der Waals surface area contributed by atoms with Crippen molar-refractivity contribution in [2.45, 2.75) is 12.3 Å². The van der Waals surface area contributed by atoms with Crippen molar-refractivity contribution in [3.8, 4) is 0 Å². The number of hydrogen-bond donors (Lipinski definition) is 1. The van der Waals surface area contributed by atoms with Gasteiger partial charge < -0.3 is 9.64 Å². The van der Waals surface area contributed by atoms with Gasteiger partial charge in [-0.2, -0.15) is 0 Å². The first kappa shape index (κ1) is 5.65. The molecule has 52 valence electrons. The SMILES string of the molecule is CN1CCNC2OC2C1. The molecular formula is C6H12N2O. The summed E-state index contributed by atoms with van der Waals surface area (Å²) in [5.74, 6) is 0. The first-order valence-corrected chi connectivity index (χ1v) is 3.43. The van der Waals surface area contributed by atoms with E-state index in [1.165, 1.54) is 0 Å². The number of likely N-dealkylation sites (N-methyl/N-ethyl adjacent to an activating group) is 1. The average molecular weight is 128 g/mol. The van der Waals surface area contributed by atoms with Gasteiger partial charge in [0, 0.05) is 19.6 Å². The Balaban J connectivity index is 1.92. The van der Waals surface area contributed by atoms with Gasteiger partial charge in [-0.25, -0.2) is 0 Å². The number of nitrogens with one attached hydrogen (secondary N) is 1. The summed E-state index contributed by atoms with van der Waals surface area (Å²) in [5, 5.41) is 3.29. The van der Waals surface area contributed by atoms with Crippen LogP contribution in [-0.4, -0.2) is 43.9 Å². The summed E-state index contributed by atoms with van der Waals surface area (Å²) >= 11 is 0. The number of nitrogens with zero attached hydrogens (tertiary/aromatic N) is 1. The van der Waals surface area contributed by atoms with Crippen LogP contribution in [0.3, 0.4) is 0 Å². The van der Waals surface area contributed by atoms with E-state index in [1.54, 1.807) is 0 Å². The van der Waals surface area contributed by atoms with Crippen LogP contribution in [-0.2, 0) is 4.74 Å². The Bertz CT molecular complexity index is 118. The van der Waals surface area contributed by atoms with Gasteiger partial charge in [0.15, 0.2) is 0 Å². The summed E-state index contributed by atoms with van der Waals surface area (Å²) in [4.78, 5) is 2.30. The third-order valence-corrected chi connectivity index (χ3v) is 1.91. The van der Waals surface area contributed by atoms with Gasteiger partial charge in [-0.1, -0.05) is 0 Å². The van der Waals surface area contributed by atoms with Crippen LogP contribution in [0.5, 0.6) is 0 Å². The van der Waals surface area contributed by atoms with E-state index >= 15 is 0 Å². The van der Waals surface area contributed by atoms with E-state index in [0.717, 1.165) is 19.6 Å². The smallest absolute Gasteiger partial charge is 0.136 e. The molecule has 2 aliphatic rings. The van der Waals surface area contributed by atoms with Gasteiger partial charge in [0.05, 0.1) is 0 Å². The van der Waals surface area contributed by atoms with Crippen molar-refractivity contribution < 1.29 is 4.74 Å². The molecule has 0 aromatic rings. The molecule has 0 spiro atoms. The number of hydrogen-bond acceptors (Lipinski definition) is 3. The predicted octanol–water partition coefficient (Wildman–Crippen LogP) is -0.754. The van der Waals surface area contributed by atoms with Gasteiger partial charge in [-0.15, -0.1) is 0 Å². The van der Waals surface area contributed by atoms with Gasteiger partial charge in [0.25, 0.3) is 0 Å². The molecule has 0 amide bonds. The normalized spacial score (nSPS) is 43.7. The lowest BCUT2D eigenvalue weighted by Gasteiger charge is -2.11. The van der Waals surface area contributed by atoms with E-state index in [0.29, 0.717) is 12.3 Å². The lowest BCUT2D eigenvalue weighted by Crippen LogP contribution is -2.27. The first-order valence-electron chi connectivity index (χ1n) is 3.43. The van der Waals surface area contributed by atoms with Crippen molar-refractivity contribution in [3.05, 3.63) is 0 Å². The highest BCUT2D eigenvalue weighted by Gasteiger charge is 2.40. The zero-order valence-electron chi connectivity index (χ0n) is 5.63. The maximum Gasteiger partial charge on any atom is 0.136 e. The van der Waals surface area contributed by atoms with E-state index in [-0.39, 0.29) is 0 Å². The molecule has 0 bridgehead atoms. The highest BCUT2D eigenvalue weighted by Crippen LogP contribution is 2.21. The molecule has 2 atom stereocenters. The summed E-state index contributed by atoms with van der Waals surface area (Å²) in [6.45, 7) is 3.31. The fraction of sp³-hybridized carbons (Fsp3) is 1.00. The topological polar surface area (TPSA) is 27.8 Å². The summed E-state index contributed by atoms with van der Waals surface area (Å²) in [5.41, 5.74) is 0. The van der Waals surface area contributed by atoms with Gasteiger partial charge in [0.2, 0.25) is 0 Å². The number of ether oxygens (including phenoxy) is 1. The Labute approximate surface area is 55.0 Å². The molecule has 9 heavy (non-hydrogen) atoms. The van der Waals surface area contributed by atoms with Crippen molar-refractivity contribution in [2.24, 2.45) is 0 Å². The largest absolute Gasteiger partial charge is 0.352 e. The molecule has 0 saturated carbocycles. The Morgan fingerprint density at radius 3 is 3.44 bits per heavy atom. The van der Waals surface area contributed by atoms with Crippen molar-refractivity contribution in [1.29, 1.82) is 0 Å². The van der Waals surface area contributed by atoms with Gasteiger partial charge >= 0.3 is 0 Å². The predicted molar refractivity (Wildman–Crippen MR) is 34.2 cm³/mol. The van der Waals surface area contributed by atoms with Crippen LogP contribution in [0, 0.1) is 0 Å². The molecule has 3 heteroatoms. The first-order chi connectivity index (χ1) is 4.36. The standard InChI is InChI=1S/C6H12N2O/c1-8-3-2-7-6-5(4-8)9-6/h5-7H,2-4H2,1H3. The number of fused-ring (bicyclic) bond motifs is 1. The molecule has 0 aliphatic carbocycles. The molecule has 3 nitrogen and oxygen atoms in total. The molecule has 1 N–H and O–H groups in total. The summed E-state index contributed by atoms with van der Waals surface area (Å²) in [7, 11) is 2.13. The number of rotatable bonds is 0. The summed E-state index contributed by atoms with van der Waals surface area (Å²) in [6, 6.07) is 0. The zero-order chi connectivity index (χ0) is 6.27. The minimum Gasteiger partial charge on any atom is -0.352 e. The molecule has 2 saturated heterocycles. The second kappa shape index (κ2) is 1.94. The Hall–Kier alpha value is -0.120. The van der Waals surface area contributed by atoms with Crippen LogP contribution in [0.15, 0.2) is 0 Å². The van der Waals surface area contributed by atoms with Gasteiger partial charge in [0.1, 0.15) is 12.3 Å². The Morgan fingerprint density at radius 1 is 1.67 bits per heavy atom.